The molecule has 0 saturated carbocycles. The van der Waals surface area contributed by atoms with Crippen molar-refractivity contribution in [1.82, 2.24) is 9.97 Å². The van der Waals surface area contributed by atoms with Crippen LogP contribution in [-0.4, -0.2) is 36.8 Å². The van der Waals surface area contributed by atoms with E-state index in [1.54, 1.807) is 0 Å². The van der Waals surface area contributed by atoms with Crippen molar-refractivity contribution in [2.75, 3.05) is 32.2 Å². The maximum absolute atomic E-state index is 6.08. The Morgan fingerprint density at radius 1 is 1.30 bits per heavy atom. The smallest absolute Gasteiger partial charge is 0.163 e. The zero-order valence-electron chi connectivity index (χ0n) is 12.1. The van der Waals surface area contributed by atoms with Crippen molar-refractivity contribution in [2.24, 2.45) is 0 Å². The van der Waals surface area contributed by atoms with Gasteiger partial charge in [0.2, 0.25) is 0 Å². The summed E-state index contributed by atoms with van der Waals surface area (Å²) in [6.07, 6.45) is 1.66. The largest absolute Gasteiger partial charge is 0.381 e. The van der Waals surface area contributed by atoms with Crippen molar-refractivity contribution in [3.05, 3.63) is 17.1 Å². The van der Waals surface area contributed by atoms with Crippen LogP contribution in [0.25, 0.3) is 0 Å². The minimum Gasteiger partial charge on any atom is -0.381 e. The molecule has 1 N–H and O–H groups in total. The zero-order chi connectivity index (χ0) is 14.0. The van der Waals surface area contributed by atoms with Crippen LogP contribution in [0, 0.1) is 0 Å². The van der Waals surface area contributed by atoms with Crippen LogP contribution >= 0.6 is 11.8 Å². The van der Waals surface area contributed by atoms with Crippen molar-refractivity contribution in [1.29, 1.82) is 0 Å². The summed E-state index contributed by atoms with van der Waals surface area (Å²) in [5.74, 6) is 3.75. The van der Waals surface area contributed by atoms with Gasteiger partial charge in [-0.15, -0.1) is 0 Å². The molecule has 3 rings (SSSR count). The number of rotatable bonds is 4. The van der Waals surface area contributed by atoms with Crippen molar-refractivity contribution in [2.45, 2.75) is 36.9 Å². The van der Waals surface area contributed by atoms with E-state index in [9.17, 15) is 0 Å². The van der Waals surface area contributed by atoms with E-state index in [4.69, 9.17) is 19.4 Å². The molecule has 0 spiro atoms. The molecule has 0 atom stereocenters. The van der Waals surface area contributed by atoms with Gasteiger partial charge in [-0.25, -0.2) is 9.97 Å². The van der Waals surface area contributed by atoms with Crippen LogP contribution < -0.4 is 5.32 Å². The quantitative estimate of drug-likeness (QED) is 0.920. The van der Waals surface area contributed by atoms with Crippen LogP contribution in [0.1, 0.15) is 36.8 Å². The van der Waals surface area contributed by atoms with Crippen LogP contribution in [0.15, 0.2) is 0 Å². The van der Waals surface area contributed by atoms with Crippen LogP contribution in [0.4, 0.5) is 5.82 Å². The van der Waals surface area contributed by atoms with E-state index in [-0.39, 0.29) is 5.60 Å². The molecule has 0 radical (unpaired) electrons. The topological polar surface area (TPSA) is 56.3 Å². The Kier molecular flexibility index (Phi) is 4.14. The van der Waals surface area contributed by atoms with Crippen LogP contribution in [-0.2, 0) is 26.6 Å². The van der Waals surface area contributed by atoms with Gasteiger partial charge in [0.25, 0.3) is 0 Å². The average Bonchev–Trinajstić information content (AvgIpc) is 2.96. The Hall–Kier alpha value is -0.850. The summed E-state index contributed by atoms with van der Waals surface area (Å²) in [6.45, 7) is 4.12. The predicted octanol–water partition coefficient (Wildman–Crippen LogP) is 2.31. The van der Waals surface area contributed by atoms with E-state index in [1.165, 1.54) is 5.56 Å². The molecule has 6 heteroatoms. The Morgan fingerprint density at radius 2 is 2.10 bits per heavy atom. The molecule has 110 valence electrons. The number of aromatic nitrogens is 2. The molecule has 1 aromatic rings. The first-order valence-electron chi connectivity index (χ1n) is 7.16. The van der Waals surface area contributed by atoms with Gasteiger partial charge in [0, 0.05) is 56.8 Å². The van der Waals surface area contributed by atoms with Crippen molar-refractivity contribution >= 4 is 17.6 Å². The molecule has 1 saturated heterocycles. The third-order valence-electron chi connectivity index (χ3n) is 3.94. The monoisotopic (exact) mass is 295 g/mol. The second-order valence-electron chi connectivity index (χ2n) is 5.10. The van der Waals surface area contributed by atoms with Gasteiger partial charge in [-0.2, -0.15) is 11.8 Å². The lowest BCUT2D eigenvalue weighted by Crippen LogP contribution is -2.38. The number of hydrogen-bond acceptors (Lipinski definition) is 6. The van der Waals surface area contributed by atoms with Gasteiger partial charge in [0.05, 0.1) is 5.69 Å². The first kappa shape index (κ1) is 14.1. The predicted molar refractivity (Wildman–Crippen MR) is 79.9 cm³/mol. The lowest BCUT2D eigenvalue weighted by Gasteiger charge is -2.35. The minimum atomic E-state index is -0.374. The highest BCUT2D eigenvalue weighted by Gasteiger charge is 2.39. The van der Waals surface area contributed by atoms with Gasteiger partial charge < -0.3 is 14.8 Å². The molecule has 0 bridgehead atoms. The Bertz CT molecular complexity index is 484. The maximum Gasteiger partial charge on any atom is 0.163 e. The number of nitrogens with one attached hydrogen (secondary N) is 1. The Morgan fingerprint density at radius 3 is 2.80 bits per heavy atom. The van der Waals surface area contributed by atoms with E-state index in [0.29, 0.717) is 19.8 Å². The van der Waals surface area contributed by atoms with E-state index in [2.05, 4.69) is 5.32 Å². The number of fused-ring (bicyclic) bond motifs is 1. The van der Waals surface area contributed by atoms with Crippen LogP contribution in [0.5, 0.6) is 0 Å². The fraction of sp³-hybridized carbons (Fsp3) is 0.714. The molecule has 0 amide bonds. The summed E-state index contributed by atoms with van der Waals surface area (Å²) < 4.78 is 11.6. The zero-order valence-corrected chi connectivity index (χ0v) is 12.9. The average molecular weight is 295 g/mol. The van der Waals surface area contributed by atoms with Gasteiger partial charge >= 0.3 is 0 Å². The fourth-order valence-electron chi connectivity index (χ4n) is 2.87. The van der Waals surface area contributed by atoms with E-state index >= 15 is 0 Å². The molecular formula is C14H21N3O2S. The van der Waals surface area contributed by atoms with Crippen molar-refractivity contribution in [3.8, 4) is 0 Å². The Labute approximate surface area is 123 Å². The molecule has 20 heavy (non-hydrogen) atoms. The summed E-state index contributed by atoms with van der Waals surface area (Å²) in [7, 11) is 1.92. The van der Waals surface area contributed by atoms with Gasteiger partial charge in [-0.3, -0.25) is 0 Å². The molecular weight excluding hydrogens is 274 g/mol. The van der Waals surface area contributed by atoms with Gasteiger partial charge in [0.15, 0.2) is 5.82 Å². The first-order chi connectivity index (χ1) is 9.79. The normalized spacial score (nSPS) is 20.7. The third kappa shape index (κ3) is 2.40. The minimum absolute atomic E-state index is 0.374. The summed E-state index contributed by atoms with van der Waals surface area (Å²) in [5.41, 5.74) is 2.04. The second kappa shape index (κ2) is 5.87. The molecule has 2 aliphatic heterocycles. The SMILES string of the molecule is CCOC1(c2nc3c(c(NC)n2)CSC3)CCOCC1. The number of thioether (sulfide) groups is 1. The van der Waals surface area contributed by atoms with Gasteiger partial charge in [0.1, 0.15) is 11.4 Å². The van der Waals surface area contributed by atoms with Crippen LogP contribution in [0.2, 0.25) is 0 Å². The van der Waals surface area contributed by atoms with E-state index < -0.39 is 0 Å². The Balaban J connectivity index is 2.02. The molecule has 1 fully saturated rings. The molecule has 0 aliphatic carbocycles. The highest BCUT2D eigenvalue weighted by atomic mass is 32.2. The maximum atomic E-state index is 6.08. The highest BCUT2D eigenvalue weighted by molar-refractivity contribution is 7.98. The summed E-state index contributed by atoms with van der Waals surface area (Å²) in [6, 6.07) is 0. The standard InChI is InChI=1S/C14H21N3O2S/c1-3-19-14(4-6-18-7-5-14)13-16-11-9-20-8-10(11)12(15-2)17-13/h3-9H2,1-2H3,(H,15,16,17). The first-order valence-corrected chi connectivity index (χ1v) is 8.32. The van der Waals surface area contributed by atoms with Crippen LogP contribution in [0.3, 0.4) is 0 Å². The molecule has 3 heterocycles. The summed E-state index contributed by atoms with van der Waals surface area (Å²) in [4.78, 5) is 9.59. The van der Waals surface area contributed by atoms with Gasteiger partial charge in [-0.05, 0) is 6.92 Å². The molecule has 2 aliphatic rings. The fourth-order valence-corrected chi connectivity index (χ4v) is 3.91. The highest BCUT2D eigenvalue weighted by Crippen LogP contribution is 2.38. The lowest BCUT2D eigenvalue weighted by molar-refractivity contribution is -0.117. The molecule has 0 aromatic carbocycles. The molecule has 5 nitrogen and oxygen atoms in total. The number of hydrogen-bond donors (Lipinski definition) is 1. The third-order valence-corrected chi connectivity index (χ3v) is 4.91. The number of anilines is 1. The molecule has 0 unspecified atom stereocenters. The summed E-state index contributed by atoms with van der Waals surface area (Å²) >= 11 is 1.89. The van der Waals surface area contributed by atoms with E-state index in [0.717, 1.165) is 41.7 Å². The summed E-state index contributed by atoms with van der Waals surface area (Å²) in [5, 5.41) is 3.21. The number of nitrogens with zero attached hydrogens (tertiary/aromatic N) is 2. The lowest BCUT2D eigenvalue weighted by atomic mass is 9.92. The van der Waals surface area contributed by atoms with Crippen molar-refractivity contribution < 1.29 is 9.47 Å². The van der Waals surface area contributed by atoms with Gasteiger partial charge in [-0.1, -0.05) is 0 Å². The second-order valence-corrected chi connectivity index (χ2v) is 6.09. The van der Waals surface area contributed by atoms with Crippen molar-refractivity contribution in [3.63, 3.8) is 0 Å². The van der Waals surface area contributed by atoms with E-state index in [1.807, 2.05) is 25.7 Å². The number of ether oxygens (including phenoxy) is 2. The molecule has 1 aromatic heterocycles.